The van der Waals surface area contributed by atoms with E-state index < -0.39 is 4.92 Å². The molecule has 1 heterocycles. The molecular formula is C13H18ClN3O4. The van der Waals surface area contributed by atoms with E-state index in [9.17, 15) is 14.9 Å². The number of ether oxygens (including phenoxy) is 1. The normalized spacial score (nSPS) is 15.2. The summed E-state index contributed by atoms with van der Waals surface area (Å²) in [6.45, 7) is 1.25. The number of nitro groups is 1. The monoisotopic (exact) mass is 315 g/mol. The molecule has 0 aromatic heterocycles. The maximum atomic E-state index is 11.9. The summed E-state index contributed by atoms with van der Waals surface area (Å²) in [5.74, 6) is 0.355. The minimum atomic E-state index is -0.480. The third-order valence-corrected chi connectivity index (χ3v) is 3.30. The summed E-state index contributed by atoms with van der Waals surface area (Å²) >= 11 is 0. The van der Waals surface area contributed by atoms with E-state index >= 15 is 0 Å². The van der Waals surface area contributed by atoms with Crippen LogP contribution in [0.3, 0.4) is 0 Å². The van der Waals surface area contributed by atoms with Gasteiger partial charge in [0.05, 0.1) is 4.92 Å². The first-order valence-electron chi connectivity index (χ1n) is 6.47. The number of non-ortho nitro benzene ring substituents is 1. The fraction of sp³-hybridized carbons (Fsp3) is 0.462. The number of benzene rings is 1. The molecule has 8 heteroatoms. The van der Waals surface area contributed by atoms with Crippen LogP contribution in [-0.2, 0) is 4.79 Å². The van der Waals surface area contributed by atoms with E-state index in [2.05, 4.69) is 0 Å². The predicted molar refractivity (Wildman–Crippen MR) is 79.6 cm³/mol. The molecule has 0 radical (unpaired) electrons. The van der Waals surface area contributed by atoms with Gasteiger partial charge in [0.1, 0.15) is 5.75 Å². The van der Waals surface area contributed by atoms with Crippen molar-refractivity contribution in [3.63, 3.8) is 0 Å². The topological polar surface area (TPSA) is 98.7 Å². The number of carbonyl (C=O) groups excluding carboxylic acids is 1. The lowest BCUT2D eigenvalue weighted by atomic mass is 10.1. The molecule has 2 N–H and O–H groups in total. The van der Waals surface area contributed by atoms with Crippen LogP contribution in [0.4, 0.5) is 5.69 Å². The smallest absolute Gasteiger partial charge is 0.269 e. The maximum absolute atomic E-state index is 11.9. The zero-order valence-corrected chi connectivity index (χ0v) is 12.3. The molecule has 116 valence electrons. The molecule has 0 spiro atoms. The number of carbonyl (C=O) groups is 1. The highest BCUT2D eigenvalue weighted by molar-refractivity contribution is 5.85. The van der Waals surface area contributed by atoms with Gasteiger partial charge in [0.15, 0.2) is 6.61 Å². The van der Waals surface area contributed by atoms with Crippen molar-refractivity contribution in [2.75, 3.05) is 19.7 Å². The third kappa shape index (κ3) is 4.87. The number of hydrogen-bond acceptors (Lipinski definition) is 5. The Kier molecular flexibility index (Phi) is 6.39. The van der Waals surface area contributed by atoms with Gasteiger partial charge in [-0.2, -0.15) is 0 Å². The van der Waals surface area contributed by atoms with E-state index in [1.54, 1.807) is 4.90 Å². The van der Waals surface area contributed by atoms with Gasteiger partial charge in [0, 0.05) is 31.3 Å². The highest BCUT2D eigenvalue weighted by Gasteiger charge is 2.20. The molecule has 0 atom stereocenters. The second-order valence-electron chi connectivity index (χ2n) is 4.76. The van der Waals surface area contributed by atoms with Gasteiger partial charge in [0.2, 0.25) is 0 Å². The van der Waals surface area contributed by atoms with Crippen molar-refractivity contribution in [2.24, 2.45) is 5.73 Å². The molecule has 0 bridgehead atoms. The lowest BCUT2D eigenvalue weighted by molar-refractivity contribution is -0.384. The Hall–Kier alpha value is -1.86. The van der Waals surface area contributed by atoms with E-state index in [1.165, 1.54) is 24.3 Å². The van der Waals surface area contributed by atoms with Gasteiger partial charge in [-0.05, 0) is 25.0 Å². The van der Waals surface area contributed by atoms with Gasteiger partial charge in [-0.25, -0.2) is 0 Å². The lowest BCUT2D eigenvalue weighted by Crippen LogP contribution is -2.44. The van der Waals surface area contributed by atoms with Crippen molar-refractivity contribution < 1.29 is 14.5 Å². The van der Waals surface area contributed by atoms with Crippen molar-refractivity contribution in [1.29, 1.82) is 0 Å². The van der Waals surface area contributed by atoms with Crippen molar-refractivity contribution >= 4 is 24.0 Å². The van der Waals surface area contributed by atoms with Gasteiger partial charge in [-0.15, -0.1) is 12.4 Å². The van der Waals surface area contributed by atoms with Crippen molar-refractivity contribution in [1.82, 2.24) is 4.90 Å². The highest BCUT2D eigenvalue weighted by atomic mass is 35.5. The molecule has 1 amide bonds. The number of hydrogen-bond donors (Lipinski definition) is 1. The number of likely N-dealkylation sites (tertiary alicyclic amines) is 1. The first-order chi connectivity index (χ1) is 9.56. The van der Waals surface area contributed by atoms with Crippen LogP contribution in [-0.4, -0.2) is 41.5 Å². The average molecular weight is 316 g/mol. The van der Waals surface area contributed by atoms with Gasteiger partial charge in [-0.1, -0.05) is 0 Å². The van der Waals surface area contributed by atoms with E-state index in [0.717, 1.165) is 12.8 Å². The second-order valence-corrected chi connectivity index (χ2v) is 4.76. The van der Waals surface area contributed by atoms with Gasteiger partial charge in [0.25, 0.3) is 11.6 Å². The molecule has 1 aliphatic rings. The Labute approximate surface area is 128 Å². The molecule has 0 unspecified atom stereocenters. The number of piperidine rings is 1. The van der Waals surface area contributed by atoms with E-state index in [4.69, 9.17) is 10.5 Å². The second kappa shape index (κ2) is 7.80. The molecule has 0 aliphatic carbocycles. The van der Waals surface area contributed by atoms with Gasteiger partial charge >= 0.3 is 0 Å². The van der Waals surface area contributed by atoms with E-state index in [1.807, 2.05) is 0 Å². The van der Waals surface area contributed by atoms with E-state index in [-0.39, 0.29) is 36.7 Å². The van der Waals surface area contributed by atoms with Crippen LogP contribution in [0, 0.1) is 10.1 Å². The molecule has 2 rings (SSSR count). The predicted octanol–water partition coefficient (Wildman–Crippen LogP) is 1.35. The Bertz CT molecular complexity index is 487. The summed E-state index contributed by atoms with van der Waals surface area (Å²) < 4.78 is 5.34. The quantitative estimate of drug-likeness (QED) is 0.668. The average Bonchev–Trinajstić information content (AvgIpc) is 2.46. The number of nitrogens with zero attached hydrogens (tertiary/aromatic N) is 2. The van der Waals surface area contributed by atoms with Crippen LogP contribution in [0.25, 0.3) is 0 Å². The third-order valence-electron chi connectivity index (χ3n) is 3.30. The molecule has 1 aliphatic heterocycles. The number of nitrogens with two attached hydrogens (primary N) is 1. The first kappa shape index (κ1) is 17.2. The van der Waals surface area contributed by atoms with Crippen LogP contribution in [0.15, 0.2) is 24.3 Å². The Morgan fingerprint density at radius 1 is 1.33 bits per heavy atom. The largest absolute Gasteiger partial charge is 0.484 e. The molecule has 1 aromatic carbocycles. The summed E-state index contributed by atoms with van der Waals surface area (Å²) in [5, 5.41) is 10.5. The minimum absolute atomic E-state index is 0. The van der Waals surface area contributed by atoms with Crippen LogP contribution >= 0.6 is 12.4 Å². The molecule has 1 saturated heterocycles. The summed E-state index contributed by atoms with van der Waals surface area (Å²) in [4.78, 5) is 23.7. The summed E-state index contributed by atoms with van der Waals surface area (Å²) in [5.41, 5.74) is 5.77. The summed E-state index contributed by atoms with van der Waals surface area (Å²) in [7, 11) is 0. The molecule has 7 nitrogen and oxygen atoms in total. The minimum Gasteiger partial charge on any atom is -0.484 e. The molecular weight excluding hydrogens is 298 g/mol. The SMILES string of the molecule is Cl.NC1CCN(C(=O)COc2ccc([N+](=O)[O-])cc2)CC1. The number of amides is 1. The Balaban J connectivity index is 0.00000220. The van der Waals surface area contributed by atoms with Crippen molar-refractivity contribution in [2.45, 2.75) is 18.9 Å². The van der Waals surface area contributed by atoms with Crippen molar-refractivity contribution in [3.8, 4) is 5.75 Å². The summed E-state index contributed by atoms with van der Waals surface area (Å²) in [6.07, 6.45) is 1.62. The first-order valence-corrected chi connectivity index (χ1v) is 6.47. The molecule has 1 aromatic rings. The number of halogens is 1. The number of nitro benzene ring substituents is 1. The Morgan fingerprint density at radius 2 is 1.90 bits per heavy atom. The van der Waals surface area contributed by atoms with Crippen LogP contribution < -0.4 is 10.5 Å². The highest BCUT2D eigenvalue weighted by Crippen LogP contribution is 2.17. The zero-order chi connectivity index (χ0) is 14.5. The fourth-order valence-electron chi connectivity index (χ4n) is 2.05. The Morgan fingerprint density at radius 3 is 2.43 bits per heavy atom. The van der Waals surface area contributed by atoms with Gasteiger partial charge in [-0.3, -0.25) is 14.9 Å². The van der Waals surface area contributed by atoms with Crippen LogP contribution in [0.1, 0.15) is 12.8 Å². The standard InChI is InChI=1S/C13H17N3O4.ClH/c14-10-5-7-15(8-6-10)13(17)9-20-12-3-1-11(2-4-12)16(18)19;/h1-4,10H,5-9,14H2;1H. The maximum Gasteiger partial charge on any atom is 0.269 e. The zero-order valence-electron chi connectivity index (χ0n) is 11.4. The fourth-order valence-corrected chi connectivity index (χ4v) is 2.05. The van der Waals surface area contributed by atoms with Crippen LogP contribution in [0.2, 0.25) is 0 Å². The lowest BCUT2D eigenvalue weighted by Gasteiger charge is -2.30. The van der Waals surface area contributed by atoms with Crippen molar-refractivity contribution in [3.05, 3.63) is 34.4 Å². The van der Waals surface area contributed by atoms with E-state index in [0.29, 0.717) is 18.8 Å². The van der Waals surface area contributed by atoms with Gasteiger partial charge < -0.3 is 15.4 Å². The number of rotatable bonds is 4. The van der Waals surface area contributed by atoms with Crippen LogP contribution in [0.5, 0.6) is 5.75 Å². The molecule has 21 heavy (non-hydrogen) atoms. The summed E-state index contributed by atoms with van der Waals surface area (Å²) in [6, 6.07) is 5.84. The molecule has 1 fully saturated rings. The molecule has 0 saturated carbocycles.